The number of rotatable bonds is 8. The highest BCUT2D eigenvalue weighted by atomic mass is 32.2. The molecule has 4 aromatic heterocycles. The summed E-state index contributed by atoms with van der Waals surface area (Å²) < 4.78 is 40.0. The third-order valence-electron chi connectivity index (χ3n) is 6.66. The molecule has 0 aliphatic carbocycles. The topological polar surface area (TPSA) is 158 Å². The van der Waals surface area contributed by atoms with E-state index in [1.54, 1.807) is 37.8 Å². The molecule has 1 amide bonds. The van der Waals surface area contributed by atoms with Gasteiger partial charge in [-0.2, -0.15) is 5.10 Å². The van der Waals surface area contributed by atoms with Crippen LogP contribution in [0.5, 0.6) is 0 Å². The Morgan fingerprint density at radius 2 is 1.79 bits per heavy atom. The summed E-state index contributed by atoms with van der Waals surface area (Å²) in [4.78, 5) is 28.5. The Bertz CT molecular complexity index is 2090. The molecule has 4 N–H and O–H groups in total. The summed E-state index contributed by atoms with van der Waals surface area (Å²) in [6.45, 7) is 1.73. The molecular weight excluding hydrogens is 559 g/mol. The second kappa shape index (κ2) is 10.8. The summed E-state index contributed by atoms with van der Waals surface area (Å²) in [7, 11) is -3.45. The van der Waals surface area contributed by atoms with E-state index >= 15 is 0 Å². The summed E-state index contributed by atoms with van der Waals surface area (Å²) in [6.07, 6.45) is 7.95. The molecule has 0 unspecified atom stereocenters. The predicted molar refractivity (Wildman–Crippen MR) is 158 cm³/mol. The molecule has 0 bridgehead atoms. The van der Waals surface area contributed by atoms with E-state index in [4.69, 9.17) is 4.98 Å². The van der Waals surface area contributed by atoms with Crippen LogP contribution in [0.1, 0.15) is 18.9 Å². The maximum Gasteiger partial charge on any atom is 0.224 e. The smallest absolute Gasteiger partial charge is 0.224 e. The largest absolute Gasteiger partial charge is 0.335 e. The minimum Gasteiger partial charge on any atom is -0.335 e. The van der Waals surface area contributed by atoms with Gasteiger partial charge in [-0.05, 0) is 53.1 Å². The molecule has 212 valence electrons. The highest BCUT2D eigenvalue weighted by molar-refractivity contribution is 7.88. The van der Waals surface area contributed by atoms with E-state index < -0.39 is 15.8 Å². The Balaban J connectivity index is 1.39. The van der Waals surface area contributed by atoms with Crippen molar-refractivity contribution >= 4 is 43.6 Å². The number of amides is 1. The fraction of sp³-hybridized carbons (Fsp3) is 0.138. The third kappa shape index (κ3) is 5.60. The van der Waals surface area contributed by atoms with E-state index in [2.05, 4.69) is 35.2 Å². The lowest BCUT2D eigenvalue weighted by Crippen LogP contribution is -2.21. The molecule has 0 atom stereocenters. The van der Waals surface area contributed by atoms with Gasteiger partial charge in [0, 0.05) is 41.9 Å². The molecule has 13 heteroatoms. The SMILES string of the molecule is CCC(=O)Nc1cncc(-c2ccc3[nH]nc(-c4nc5c(-c6cc(F)cc(CNS(C)(=O)=O)c6)cncc5[nH]4)c3c2)c1. The zero-order chi connectivity index (χ0) is 29.4. The van der Waals surface area contributed by atoms with Gasteiger partial charge in [-0.25, -0.2) is 22.5 Å². The Morgan fingerprint density at radius 3 is 2.60 bits per heavy atom. The van der Waals surface area contributed by atoms with Gasteiger partial charge >= 0.3 is 0 Å². The third-order valence-corrected chi connectivity index (χ3v) is 7.33. The number of aromatic amines is 2. The normalized spacial score (nSPS) is 11.8. The lowest BCUT2D eigenvalue weighted by atomic mass is 10.0. The second-order valence-corrected chi connectivity index (χ2v) is 11.6. The molecule has 0 saturated carbocycles. The van der Waals surface area contributed by atoms with Gasteiger partial charge in [0.1, 0.15) is 11.5 Å². The van der Waals surface area contributed by atoms with Crippen molar-refractivity contribution in [2.24, 2.45) is 0 Å². The Morgan fingerprint density at radius 1 is 0.952 bits per heavy atom. The monoisotopic (exact) mass is 584 g/mol. The molecule has 11 nitrogen and oxygen atoms in total. The van der Waals surface area contributed by atoms with Gasteiger partial charge < -0.3 is 10.3 Å². The highest BCUT2D eigenvalue weighted by Crippen LogP contribution is 2.33. The quantitative estimate of drug-likeness (QED) is 0.201. The van der Waals surface area contributed by atoms with Crippen LogP contribution in [0.15, 0.2) is 67.3 Å². The van der Waals surface area contributed by atoms with E-state index in [9.17, 15) is 17.6 Å². The number of imidazole rings is 1. The zero-order valence-electron chi connectivity index (χ0n) is 22.6. The first-order chi connectivity index (χ1) is 20.2. The van der Waals surface area contributed by atoms with Crippen LogP contribution in [-0.2, 0) is 21.4 Å². The van der Waals surface area contributed by atoms with Gasteiger partial charge in [0.25, 0.3) is 0 Å². The Labute approximate surface area is 239 Å². The number of anilines is 1. The fourth-order valence-corrected chi connectivity index (χ4v) is 5.10. The number of pyridine rings is 2. The number of sulfonamides is 1. The standard InChI is InChI=1S/C29H25FN8O3S/c1-3-26(39)34-21-9-19(12-31-13-21)17-4-5-24-22(10-17)28(38-37-24)29-35-25-15-32-14-23(27(25)36-29)18-6-16(7-20(30)8-18)11-33-42(2,40)41/h4-10,12-15,33H,3,11H2,1-2H3,(H,34,39)(H,35,36)(H,37,38). The maximum absolute atomic E-state index is 14.6. The molecule has 6 aromatic rings. The molecule has 0 aliphatic heterocycles. The van der Waals surface area contributed by atoms with Crippen molar-refractivity contribution < 1.29 is 17.6 Å². The first kappa shape index (κ1) is 27.2. The van der Waals surface area contributed by atoms with Crippen LogP contribution in [0.3, 0.4) is 0 Å². The van der Waals surface area contributed by atoms with Gasteiger partial charge in [-0.1, -0.05) is 13.0 Å². The van der Waals surface area contributed by atoms with Crippen LogP contribution in [0.25, 0.3) is 55.7 Å². The number of nitrogens with one attached hydrogen (secondary N) is 4. The van der Waals surface area contributed by atoms with E-state index in [0.717, 1.165) is 28.3 Å². The van der Waals surface area contributed by atoms with Gasteiger partial charge in [-0.3, -0.25) is 19.9 Å². The predicted octanol–water partition coefficient (Wildman–Crippen LogP) is 4.77. The average Bonchev–Trinajstić information content (AvgIpc) is 3.59. The number of benzene rings is 2. The summed E-state index contributed by atoms with van der Waals surface area (Å²) in [6, 6.07) is 12.0. The lowest BCUT2D eigenvalue weighted by Gasteiger charge is -2.07. The van der Waals surface area contributed by atoms with Crippen LogP contribution in [0, 0.1) is 5.82 Å². The van der Waals surface area contributed by atoms with Gasteiger partial charge in [0.2, 0.25) is 15.9 Å². The molecule has 2 aromatic carbocycles. The van der Waals surface area contributed by atoms with E-state index in [0.29, 0.717) is 51.4 Å². The van der Waals surface area contributed by atoms with E-state index in [1.165, 1.54) is 12.1 Å². The summed E-state index contributed by atoms with van der Waals surface area (Å²) in [5.41, 5.74) is 6.40. The lowest BCUT2D eigenvalue weighted by molar-refractivity contribution is -0.115. The molecular formula is C29H25FN8O3S. The first-order valence-corrected chi connectivity index (χ1v) is 14.9. The molecule has 0 radical (unpaired) electrons. The van der Waals surface area contributed by atoms with Crippen molar-refractivity contribution in [3.63, 3.8) is 0 Å². The van der Waals surface area contributed by atoms with Crippen molar-refractivity contribution in [2.75, 3.05) is 11.6 Å². The van der Waals surface area contributed by atoms with Crippen LogP contribution in [-0.4, -0.2) is 50.7 Å². The van der Waals surface area contributed by atoms with Crippen molar-refractivity contribution in [3.05, 3.63) is 78.6 Å². The van der Waals surface area contributed by atoms with Crippen molar-refractivity contribution in [1.29, 1.82) is 0 Å². The van der Waals surface area contributed by atoms with Crippen molar-refractivity contribution in [3.8, 4) is 33.8 Å². The average molecular weight is 585 g/mol. The van der Waals surface area contributed by atoms with Crippen LogP contribution in [0.4, 0.5) is 10.1 Å². The molecule has 0 fully saturated rings. The number of nitrogens with zero attached hydrogens (tertiary/aromatic N) is 4. The fourth-order valence-electron chi connectivity index (χ4n) is 4.67. The number of halogens is 1. The number of hydrogen-bond donors (Lipinski definition) is 4. The van der Waals surface area contributed by atoms with Gasteiger partial charge in [0.05, 0.1) is 40.9 Å². The number of hydrogen-bond acceptors (Lipinski definition) is 7. The number of fused-ring (bicyclic) bond motifs is 2. The molecule has 0 aliphatic rings. The highest BCUT2D eigenvalue weighted by Gasteiger charge is 2.17. The zero-order valence-corrected chi connectivity index (χ0v) is 23.4. The molecule has 0 saturated heterocycles. The van der Waals surface area contributed by atoms with Crippen LogP contribution < -0.4 is 10.0 Å². The van der Waals surface area contributed by atoms with E-state index in [-0.39, 0.29) is 12.5 Å². The molecule has 42 heavy (non-hydrogen) atoms. The first-order valence-electron chi connectivity index (χ1n) is 13.0. The summed E-state index contributed by atoms with van der Waals surface area (Å²) in [5.74, 6) is -0.121. The Kier molecular flexibility index (Phi) is 6.96. The van der Waals surface area contributed by atoms with E-state index in [1.807, 2.05) is 24.3 Å². The number of carbonyl (C=O) groups is 1. The minimum absolute atomic E-state index is 0.0518. The van der Waals surface area contributed by atoms with Gasteiger partial charge in [-0.15, -0.1) is 0 Å². The Hall–Kier alpha value is -5.01. The summed E-state index contributed by atoms with van der Waals surface area (Å²) >= 11 is 0. The minimum atomic E-state index is -3.45. The number of H-pyrrole nitrogens is 2. The molecule has 4 heterocycles. The van der Waals surface area contributed by atoms with Crippen LogP contribution in [0.2, 0.25) is 0 Å². The van der Waals surface area contributed by atoms with Crippen LogP contribution >= 0.6 is 0 Å². The van der Waals surface area contributed by atoms with Crippen molar-refractivity contribution in [2.45, 2.75) is 19.9 Å². The molecule has 0 spiro atoms. The number of carbonyl (C=O) groups excluding carboxylic acids is 1. The number of aromatic nitrogens is 6. The second-order valence-electron chi connectivity index (χ2n) is 9.81. The van der Waals surface area contributed by atoms with Crippen molar-refractivity contribution in [1.82, 2.24) is 34.9 Å². The molecule has 6 rings (SSSR count). The van der Waals surface area contributed by atoms with Gasteiger partial charge in [0.15, 0.2) is 5.82 Å². The maximum atomic E-state index is 14.6. The summed E-state index contributed by atoms with van der Waals surface area (Å²) in [5, 5.41) is 11.2.